The summed E-state index contributed by atoms with van der Waals surface area (Å²) in [5.74, 6) is -1.06. The molecule has 1 aromatic carbocycles. The minimum absolute atomic E-state index is 0.00883. The number of nitrogens with zero attached hydrogens (tertiary/aromatic N) is 1. The first-order valence-corrected chi connectivity index (χ1v) is 6.73. The molecule has 0 unspecified atom stereocenters. The number of carbonyl (C=O) groups is 3. The predicted molar refractivity (Wildman–Crippen MR) is 75.7 cm³/mol. The highest BCUT2D eigenvalue weighted by Gasteiger charge is 2.35. The van der Waals surface area contributed by atoms with Crippen LogP contribution >= 0.6 is 0 Å². The standard InChI is InChI=1S/C15H18N2O4/c1-15(2,9-18)16-12(19)7-8-17-13(20)10-5-3-4-6-11(10)14(17)21/h3-6,18H,7-9H2,1-2H3,(H,16,19). The van der Waals surface area contributed by atoms with E-state index in [0.29, 0.717) is 11.1 Å². The number of hydrogen-bond donors (Lipinski definition) is 2. The van der Waals surface area contributed by atoms with Crippen molar-refractivity contribution in [1.29, 1.82) is 0 Å². The zero-order valence-corrected chi connectivity index (χ0v) is 12.0. The van der Waals surface area contributed by atoms with E-state index >= 15 is 0 Å². The van der Waals surface area contributed by atoms with Crippen molar-refractivity contribution in [2.45, 2.75) is 25.8 Å². The molecule has 21 heavy (non-hydrogen) atoms. The minimum Gasteiger partial charge on any atom is -0.394 e. The fourth-order valence-corrected chi connectivity index (χ4v) is 2.14. The molecule has 0 aliphatic carbocycles. The maximum Gasteiger partial charge on any atom is 0.261 e. The van der Waals surface area contributed by atoms with Gasteiger partial charge in [0.25, 0.3) is 11.8 Å². The van der Waals surface area contributed by atoms with Crippen LogP contribution < -0.4 is 5.32 Å². The van der Waals surface area contributed by atoms with Gasteiger partial charge in [-0.25, -0.2) is 0 Å². The minimum atomic E-state index is -0.723. The van der Waals surface area contributed by atoms with Crippen LogP contribution in [0.3, 0.4) is 0 Å². The Bertz CT molecular complexity index is 560. The molecule has 0 aromatic heterocycles. The monoisotopic (exact) mass is 290 g/mol. The van der Waals surface area contributed by atoms with E-state index in [1.807, 2.05) is 0 Å². The average molecular weight is 290 g/mol. The Morgan fingerprint density at radius 3 is 2.19 bits per heavy atom. The Labute approximate surface area is 122 Å². The number of fused-ring (bicyclic) bond motifs is 1. The maximum atomic E-state index is 12.1. The zero-order chi connectivity index (χ0) is 15.6. The van der Waals surface area contributed by atoms with Gasteiger partial charge < -0.3 is 10.4 Å². The number of aliphatic hydroxyl groups is 1. The van der Waals surface area contributed by atoms with E-state index in [4.69, 9.17) is 5.11 Å². The molecule has 1 aliphatic heterocycles. The van der Waals surface area contributed by atoms with Crippen molar-refractivity contribution in [2.75, 3.05) is 13.2 Å². The van der Waals surface area contributed by atoms with Gasteiger partial charge in [0.1, 0.15) is 0 Å². The molecule has 2 N–H and O–H groups in total. The maximum absolute atomic E-state index is 12.1. The highest BCUT2D eigenvalue weighted by molar-refractivity contribution is 6.21. The van der Waals surface area contributed by atoms with Crippen LogP contribution in [0.5, 0.6) is 0 Å². The van der Waals surface area contributed by atoms with Gasteiger partial charge in [-0.2, -0.15) is 0 Å². The third-order valence-electron chi connectivity index (χ3n) is 3.31. The summed E-state index contributed by atoms with van der Waals surface area (Å²) in [5, 5.41) is 11.7. The lowest BCUT2D eigenvalue weighted by atomic mass is 10.1. The van der Waals surface area contributed by atoms with E-state index in [-0.39, 0.29) is 37.3 Å². The molecule has 0 atom stereocenters. The summed E-state index contributed by atoms with van der Waals surface area (Å²) < 4.78 is 0. The first-order valence-electron chi connectivity index (χ1n) is 6.73. The summed E-state index contributed by atoms with van der Waals surface area (Å²) in [4.78, 5) is 37.1. The number of imide groups is 1. The topological polar surface area (TPSA) is 86.7 Å². The molecular weight excluding hydrogens is 272 g/mol. The normalized spacial score (nSPS) is 14.3. The molecule has 0 saturated heterocycles. The lowest BCUT2D eigenvalue weighted by Gasteiger charge is -2.24. The molecule has 6 nitrogen and oxygen atoms in total. The van der Waals surface area contributed by atoms with Crippen molar-refractivity contribution in [2.24, 2.45) is 0 Å². The van der Waals surface area contributed by atoms with E-state index in [9.17, 15) is 14.4 Å². The van der Waals surface area contributed by atoms with E-state index in [2.05, 4.69) is 5.32 Å². The molecule has 2 rings (SSSR count). The molecule has 6 heteroatoms. The Hall–Kier alpha value is -2.21. The first-order chi connectivity index (χ1) is 9.85. The zero-order valence-electron chi connectivity index (χ0n) is 12.0. The van der Waals surface area contributed by atoms with Crippen LogP contribution in [0, 0.1) is 0 Å². The third-order valence-corrected chi connectivity index (χ3v) is 3.31. The molecule has 0 fully saturated rings. The van der Waals surface area contributed by atoms with Gasteiger partial charge in [0.15, 0.2) is 0 Å². The molecule has 1 heterocycles. The van der Waals surface area contributed by atoms with Gasteiger partial charge in [-0.3, -0.25) is 19.3 Å². The van der Waals surface area contributed by atoms with Crippen LogP contribution in [-0.4, -0.2) is 46.4 Å². The summed E-state index contributed by atoms with van der Waals surface area (Å²) in [6.45, 7) is 3.21. The van der Waals surface area contributed by atoms with Crippen molar-refractivity contribution in [1.82, 2.24) is 10.2 Å². The quantitative estimate of drug-likeness (QED) is 0.776. The van der Waals surface area contributed by atoms with Crippen LogP contribution in [0.25, 0.3) is 0 Å². The summed E-state index contributed by atoms with van der Waals surface area (Å²) >= 11 is 0. The SMILES string of the molecule is CC(C)(CO)NC(=O)CCN1C(=O)c2ccccc2C1=O. The Kier molecular flexibility index (Phi) is 4.09. The smallest absolute Gasteiger partial charge is 0.261 e. The molecule has 3 amide bonds. The fraction of sp³-hybridized carbons (Fsp3) is 0.400. The van der Waals surface area contributed by atoms with Crippen LogP contribution in [0.1, 0.15) is 41.0 Å². The van der Waals surface area contributed by atoms with Gasteiger partial charge in [0.2, 0.25) is 5.91 Å². The number of hydrogen-bond acceptors (Lipinski definition) is 4. The van der Waals surface area contributed by atoms with Gasteiger partial charge in [-0.15, -0.1) is 0 Å². The van der Waals surface area contributed by atoms with Crippen molar-refractivity contribution in [3.8, 4) is 0 Å². The molecule has 0 spiro atoms. The average Bonchev–Trinajstić information content (AvgIpc) is 2.69. The summed E-state index contributed by atoms with van der Waals surface area (Å²) in [5.41, 5.74) is 0.0243. The summed E-state index contributed by atoms with van der Waals surface area (Å²) in [6, 6.07) is 6.60. The number of nitrogens with one attached hydrogen (secondary N) is 1. The second kappa shape index (κ2) is 5.65. The van der Waals surface area contributed by atoms with Gasteiger partial charge in [0.05, 0.1) is 23.3 Å². The number of carbonyl (C=O) groups excluding carboxylic acids is 3. The highest BCUT2D eigenvalue weighted by atomic mass is 16.3. The number of aliphatic hydroxyl groups excluding tert-OH is 1. The van der Waals surface area contributed by atoms with Crippen LogP contribution in [0.15, 0.2) is 24.3 Å². The molecule has 0 radical (unpaired) electrons. The van der Waals surface area contributed by atoms with E-state index in [0.717, 1.165) is 4.90 Å². The second-order valence-electron chi connectivity index (χ2n) is 5.65. The number of benzene rings is 1. The van der Waals surface area contributed by atoms with Gasteiger partial charge in [-0.05, 0) is 26.0 Å². The molecule has 1 aliphatic rings. The van der Waals surface area contributed by atoms with Crippen molar-refractivity contribution in [3.63, 3.8) is 0 Å². The van der Waals surface area contributed by atoms with Crippen LogP contribution in [-0.2, 0) is 4.79 Å². The lowest BCUT2D eigenvalue weighted by molar-refractivity contribution is -0.123. The Morgan fingerprint density at radius 2 is 1.71 bits per heavy atom. The molecule has 1 aromatic rings. The molecule has 112 valence electrons. The lowest BCUT2D eigenvalue weighted by Crippen LogP contribution is -2.47. The van der Waals surface area contributed by atoms with Crippen molar-refractivity contribution in [3.05, 3.63) is 35.4 Å². The largest absolute Gasteiger partial charge is 0.394 e. The van der Waals surface area contributed by atoms with Crippen LogP contribution in [0.4, 0.5) is 0 Å². The Morgan fingerprint density at radius 1 is 1.19 bits per heavy atom. The summed E-state index contributed by atoms with van der Waals surface area (Å²) in [6.07, 6.45) is 0.00883. The fourth-order valence-electron chi connectivity index (χ4n) is 2.14. The van der Waals surface area contributed by atoms with Crippen LogP contribution in [0.2, 0.25) is 0 Å². The van der Waals surface area contributed by atoms with E-state index < -0.39 is 5.54 Å². The number of amides is 3. The molecule has 0 saturated carbocycles. The van der Waals surface area contributed by atoms with Gasteiger partial charge in [0, 0.05) is 13.0 Å². The van der Waals surface area contributed by atoms with E-state index in [1.165, 1.54) is 0 Å². The van der Waals surface area contributed by atoms with E-state index in [1.54, 1.807) is 38.1 Å². The second-order valence-corrected chi connectivity index (χ2v) is 5.65. The predicted octanol–water partition coefficient (Wildman–Crippen LogP) is 0.560. The first kappa shape index (κ1) is 15.2. The summed E-state index contributed by atoms with van der Waals surface area (Å²) in [7, 11) is 0. The Balaban J connectivity index is 1.98. The number of rotatable bonds is 5. The van der Waals surface area contributed by atoms with Crippen molar-refractivity contribution < 1.29 is 19.5 Å². The molecular formula is C15H18N2O4. The molecule has 0 bridgehead atoms. The van der Waals surface area contributed by atoms with Gasteiger partial charge >= 0.3 is 0 Å². The third kappa shape index (κ3) is 3.11. The highest BCUT2D eigenvalue weighted by Crippen LogP contribution is 2.22. The van der Waals surface area contributed by atoms with Crippen molar-refractivity contribution >= 4 is 17.7 Å². The van der Waals surface area contributed by atoms with Gasteiger partial charge in [-0.1, -0.05) is 12.1 Å².